The molecule has 0 bridgehead atoms. The maximum Gasteiger partial charge on any atom is 0.136 e. The Labute approximate surface area is 117 Å². The van der Waals surface area contributed by atoms with Crippen molar-refractivity contribution in [3.05, 3.63) is 42.0 Å². The molecule has 0 aliphatic carbocycles. The van der Waals surface area contributed by atoms with Crippen molar-refractivity contribution >= 4 is 11.9 Å². The van der Waals surface area contributed by atoms with E-state index in [1.807, 2.05) is 18.2 Å². The number of allylic oxidation sites excluding steroid dienone is 1. The molecule has 104 valence electrons. The molecule has 0 fully saturated rings. The number of Topliss-reactive ketones (excluding diaryl/α,β-unsaturated/α-hetero) is 1. The van der Waals surface area contributed by atoms with Gasteiger partial charge in [-0.15, -0.1) is 0 Å². The van der Waals surface area contributed by atoms with Crippen LogP contribution in [0.3, 0.4) is 0 Å². The highest BCUT2D eigenvalue weighted by Crippen LogP contribution is 2.17. The van der Waals surface area contributed by atoms with E-state index in [0.29, 0.717) is 5.78 Å². The van der Waals surface area contributed by atoms with Gasteiger partial charge in [-0.25, -0.2) is 0 Å². The molecule has 0 aliphatic heterocycles. The summed E-state index contributed by atoms with van der Waals surface area (Å²) in [6, 6.07) is 10.3. The zero-order chi connectivity index (χ0) is 13.9. The van der Waals surface area contributed by atoms with Gasteiger partial charge in [0.25, 0.3) is 0 Å². The van der Waals surface area contributed by atoms with Gasteiger partial charge in [0.15, 0.2) is 0 Å². The first-order valence-corrected chi connectivity index (χ1v) is 7.52. The Kier molecular flexibility index (Phi) is 7.88. The number of ketones is 1. The number of rotatable bonds is 9. The molecule has 0 heterocycles. The lowest BCUT2D eigenvalue weighted by Crippen LogP contribution is -2.13. The Bertz CT molecular complexity index is 378. The molecule has 1 atom stereocenters. The molecule has 0 amide bonds. The van der Waals surface area contributed by atoms with E-state index in [1.165, 1.54) is 5.56 Å². The van der Waals surface area contributed by atoms with Gasteiger partial charge in [-0.3, -0.25) is 4.79 Å². The fourth-order valence-corrected chi connectivity index (χ4v) is 2.25. The second-order valence-electron chi connectivity index (χ2n) is 5.10. The lowest BCUT2D eigenvalue weighted by Gasteiger charge is -2.12. The lowest BCUT2D eigenvalue weighted by molar-refractivity contribution is -0.123. The molecular weight excluding hydrogens is 232 g/mol. The maximum absolute atomic E-state index is 12.1. The smallest absolute Gasteiger partial charge is 0.136 e. The Morgan fingerprint density at radius 1 is 1.16 bits per heavy atom. The van der Waals surface area contributed by atoms with Crippen LogP contribution in [0.15, 0.2) is 36.4 Å². The van der Waals surface area contributed by atoms with Gasteiger partial charge in [-0.05, 0) is 24.8 Å². The number of carbonyl (C=O) groups excluding carboxylic acids is 1. The minimum absolute atomic E-state index is 0.219. The van der Waals surface area contributed by atoms with Crippen LogP contribution in [-0.2, 0) is 4.79 Å². The molecule has 0 N–H and O–H groups in total. The number of hydrogen-bond acceptors (Lipinski definition) is 1. The van der Waals surface area contributed by atoms with E-state index < -0.39 is 0 Å². The van der Waals surface area contributed by atoms with Gasteiger partial charge in [0.05, 0.1) is 0 Å². The predicted molar refractivity (Wildman–Crippen MR) is 83.0 cm³/mol. The van der Waals surface area contributed by atoms with E-state index in [4.69, 9.17) is 0 Å². The van der Waals surface area contributed by atoms with Crippen molar-refractivity contribution < 1.29 is 4.79 Å². The zero-order valence-electron chi connectivity index (χ0n) is 12.3. The standard InChI is InChI=1S/C18H26O/c1-3-5-15-18(19)17(10-4-2)14-9-13-16-11-7-6-8-12-16/h6-9,11-13,17H,3-5,10,14-15H2,1-2H3/b13-9+. The van der Waals surface area contributed by atoms with Crippen molar-refractivity contribution in [3.63, 3.8) is 0 Å². The highest BCUT2D eigenvalue weighted by Gasteiger charge is 2.14. The van der Waals surface area contributed by atoms with E-state index in [1.54, 1.807) is 0 Å². The topological polar surface area (TPSA) is 17.1 Å². The summed E-state index contributed by atoms with van der Waals surface area (Å²) in [7, 11) is 0. The Hall–Kier alpha value is -1.37. The average Bonchev–Trinajstić information content (AvgIpc) is 2.45. The average molecular weight is 258 g/mol. The first-order valence-electron chi connectivity index (χ1n) is 7.52. The molecule has 0 aliphatic rings. The maximum atomic E-state index is 12.1. The molecule has 0 saturated carbocycles. The van der Waals surface area contributed by atoms with E-state index in [-0.39, 0.29) is 5.92 Å². The third-order valence-electron chi connectivity index (χ3n) is 3.40. The molecule has 0 spiro atoms. The number of carbonyl (C=O) groups is 1. The molecule has 1 nitrogen and oxygen atoms in total. The summed E-state index contributed by atoms with van der Waals surface area (Å²) in [5.74, 6) is 0.665. The Morgan fingerprint density at radius 3 is 2.53 bits per heavy atom. The highest BCUT2D eigenvalue weighted by atomic mass is 16.1. The molecule has 1 unspecified atom stereocenters. The van der Waals surface area contributed by atoms with Crippen LogP contribution in [0.4, 0.5) is 0 Å². The second-order valence-corrected chi connectivity index (χ2v) is 5.10. The van der Waals surface area contributed by atoms with Crippen molar-refractivity contribution in [3.8, 4) is 0 Å². The van der Waals surface area contributed by atoms with Crippen molar-refractivity contribution in [1.82, 2.24) is 0 Å². The van der Waals surface area contributed by atoms with Gasteiger partial charge in [0.1, 0.15) is 5.78 Å². The third-order valence-corrected chi connectivity index (χ3v) is 3.40. The normalized spacial score (nSPS) is 12.7. The third kappa shape index (κ3) is 6.37. The van der Waals surface area contributed by atoms with Gasteiger partial charge < -0.3 is 0 Å². The van der Waals surface area contributed by atoms with Crippen molar-refractivity contribution in [1.29, 1.82) is 0 Å². The van der Waals surface area contributed by atoms with Gasteiger partial charge >= 0.3 is 0 Å². The first-order chi connectivity index (χ1) is 9.27. The summed E-state index contributed by atoms with van der Waals surface area (Å²) in [6.45, 7) is 4.29. The molecule has 0 radical (unpaired) electrons. The van der Waals surface area contributed by atoms with Crippen molar-refractivity contribution in [2.45, 2.75) is 52.4 Å². The van der Waals surface area contributed by atoms with Crippen LogP contribution in [0.2, 0.25) is 0 Å². The lowest BCUT2D eigenvalue weighted by atomic mass is 9.91. The van der Waals surface area contributed by atoms with Crippen LogP contribution in [0.25, 0.3) is 6.08 Å². The Morgan fingerprint density at radius 2 is 1.89 bits per heavy atom. The minimum atomic E-state index is 0.219. The molecule has 1 rings (SSSR count). The number of unbranched alkanes of at least 4 members (excludes halogenated alkanes) is 1. The summed E-state index contributed by atoms with van der Waals surface area (Å²) in [5, 5.41) is 0. The van der Waals surface area contributed by atoms with Crippen LogP contribution in [0, 0.1) is 5.92 Å². The van der Waals surface area contributed by atoms with Crippen LogP contribution < -0.4 is 0 Å². The summed E-state index contributed by atoms with van der Waals surface area (Å²) in [6.07, 6.45) is 10.1. The summed E-state index contributed by atoms with van der Waals surface area (Å²) in [4.78, 5) is 12.1. The largest absolute Gasteiger partial charge is 0.299 e. The minimum Gasteiger partial charge on any atom is -0.299 e. The summed E-state index contributed by atoms with van der Waals surface area (Å²) in [5.41, 5.74) is 1.21. The highest BCUT2D eigenvalue weighted by molar-refractivity contribution is 5.81. The summed E-state index contributed by atoms with van der Waals surface area (Å²) >= 11 is 0. The van der Waals surface area contributed by atoms with Crippen LogP contribution in [-0.4, -0.2) is 5.78 Å². The van der Waals surface area contributed by atoms with Crippen molar-refractivity contribution in [2.75, 3.05) is 0 Å². The van der Waals surface area contributed by atoms with Gasteiger partial charge in [-0.2, -0.15) is 0 Å². The number of benzene rings is 1. The van der Waals surface area contributed by atoms with Crippen LogP contribution in [0.5, 0.6) is 0 Å². The molecular formula is C18H26O. The molecule has 1 aromatic carbocycles. The van der Waals surface area contributed by atoms with Gasteiger partial charge in [-0.1, -0.05) is 69.2 Å². The zero-order valence-corrected chi connectivity index (χ0v) is 12.3. The molecule has 1 aromatic rings. The predicted octanol–water partition coefficient (Wildman–Crippen LogP) is 5.27. The number of hydrogen-bond donors (Lipinski definition) is 0. The first kappa shape index (κ1) is 15.7. The van der Waals surface area contributed by atoms with E-state index in [2.05, 4.69) is 38.1 Å². The molecule has 19 heavy (non-hydrogen) atoms. The van der Waals surface area contributed by atoms with Crippen molar-refractivity contribution in [2.24, 2.45) is 5.92 Å². The van der Waals surface area contributed by atoms with Gasteiger partial charge in [0, 0.05) is 12.3 Å². The SMILES string of the molecule is CCCCC(=O)C(C/C=C/c1ccccc1)CCC. The quantitative estimate of drug-likeness (QED) is 0.590. The molecule has 0 aromatic heterocycles. The van der Waals surface area contributed by atoms with Crippen LogP contribution >= 0.6 is 0 Å². The molecule has 1 heteroatoms. The summed E-state index contributed by atoms with van der Waals surface area (Å²) < 4.78 is 0. The molecule has 0 saturated heterocycles. The monoisotopic (exact) mass is 258 g/mol. The van der Waals surface area contributed by atoms with Gasteiger partial charge in [0.2, 0.25) is 0 Å². The van der Waals surface area contributed by atoms with E-state index in [0.717, 1.165) is 38.5 Å². The van der Waals surface area contributed by atoms with E-state index in [9.17, 15) is 4.79 Å². The van der Waals surface area contributed by atoms with Crippen LogP contribution in [0.1, 0.15) is 57.9 Å². The fourth-order valence-electron chi connectivity index (χ4n) is 2.25. The van der Waals surface area contributed by atoms with E-state index >= 15 is 0 Å². The second kappa shape index (κ2) is 9.55. The Balaban J connectivity index is 2.49. The fraction of sp³-hybridized carbons (Fsp3) is 0.500.